The Kier molecular flexibility index (Phi) is 5.23. The van der Waals surface area contributed by atoms with Gasteiger partial charge in [-0.3, -0.25) is 9.59 Å². The Balaban J connectivity index is 2.22. The lowest BCUT2D eigenvalue weighted by molar-refractivity contribution is -0.137. The van der Waals surface area contributed by atoms with E-state index < -0.39 is 35.2 Å². The van der Waals surface area contributed by atoms with Gasteiger partial charge in [0, 0.05) is 6.42 Å². The second-order valence-electron chi connectivity index (χ2n) is 5.16. The zero-order valence-corrected chi connectivity index (χ0v) is 12.5. The number of nitrogens with one attached hydrogen (secondary N) is 1. The Morgan fingerprint density at radius 2 is 1.58 bits per heavy atom. The van der Waals surface area contributed by atoms with Crippen molar-refractivity contribution in [2.75, 3.05) is 0 Å². The first kappa shape index (κ1) is 17.5. The predicted molar refractivity (Wildman–Crippen MR) is 82.0 cm³/mol. The summed E-state index contributed by atoms with van der Waals surface area (Å²) in [7, 11) is 0. The molecule has 0 aromatic heterocycles. The van der Waals surface area contributed by atoms with Crippen molar-refractivity contribution < 1.29 is 22.8 Å². The van der Waals surface area contributed by atoms with Crippen LogP contribution in [0.2, 0.25) is 0 Å². The second-order valence-corrected chi connectivity index (χ2v) is 5.16. The zero-order valence-electron chi connectivity index (χ0n) is 12.5. The third-order valence-electron chi connectivity index (χ3n) is 3.41. The van der Waals surface area contributed by atoms with Crippen molar-refractivity contribution in [1.29, 1.82) is 0 Å². The molecule has 2 amide bonds. The Morgan fingerprint density at radius 3 is 2.17 bits per heavy atom. The molecule has 7 heteroatoms. The van der Waals surface area contributed by atoms with Gasteiger partial charge in [0.25, 0.3) is 5.91 Å². The number of nitrogens with two attached hydrogens (primary N) is 1. The van der Waals surface area contributed by atoms with Gasteiger partial charge in [-0.25, -0.2) is 0 Å². The fraction of sp³-hybridized carbons (Fsp3) is 0.176. The zero-order chi connectivity index (χ0) is 17.7. The van der Waals surface area contributed by atoms with E-state index in [4.69, 9.17) is 5.73 Å². The molecule has 0 radical (unpaired) electrons. The highest BCUT2D eigenvalue weighted by Gasteiger charge is 2.35. The van der Waals surface area contributed by atoms with Crippen molar-refractivity contribution in [2.24, 2.45) is 5.73 Å². The molecule has 0 aliphatic carbocycles. The molecule has 2 rings (SSSR count). The van der Waals surface area contributed by atoms with Gasteiger partial charge in [0.2, 0.25) is 5.91 Å². The van der Waals surface area contributed by atoms with Gasteiger partial charge in [-0.15, -0.1) is 0 Å². The molecule has 4 nitrogen and oxygen atoms in total. The van der Waals surface area contributed by atoms with Crippen LogP contribution in [0.15, 0.2) is 54.6 Å². The van der Waals surface area contributed by atoms with Crippen LogP contribution in [-0.4, -0.2) is 17.9 Å². The van der Waals surface area contributed by atoms with Crippen LogP contribution in [-0.2, 0) is 17.4 Å². The minimum Gasteiger partial charge on any atom is -0.368 e. The standard InChI is InChI=1S/C17H15F3N2O2/c18-17(19,20)13-9-5-4-8-12(13)16(24)22-14(15(21)23)10-11-6-2-1-3-7-11/h1-9,14H,10H2,(H2,21,23)(H,22,24)/t14-/m1/s1. The summed E-state index contributed by atoms with van der Waals surface area (Å²) in [6.45, 7) is 0. The van der Waals surface area contributed by atoms with Crippen LogP contribution in [0.5, 0.6) is 0 Å². The first-order valence-electron chi connectivity index (χ1n) is 7.09. The summed E-state index contributed by atoms with van der Waals surface area (Å²) in [5.74, 6) is -1.82. The quantitative estimate of drug-likeness (QED) is 0.881. The third-order valence-corrected chi connectivity index (χ3v) is 3.41. The fourth-order valence-corrected chi connectivity index (χ4v) is 2.24. The molecule has 0 spiro atoms. The van der Waals surface area contributed by atoms with E-state index in [-0.39, 0.29) is 6.42 Å². The summed E-state index contributed by atoms with van der Waals surface area (Å²) in [5, 5.41) is 2.28. The van der Waals surface area contributed by atoms with Crippen LogP contribution in [0.25, 0.3) is 0 Å². The molecule has 24 heavy (non-hydrogen) atoms. The average Bonchev–Trinajstić information content (AvgIpc) is 2.54. The van der Waals surface area contributed by atoms with Crippen LogP contribution in [0.3, 0.4) is 0 Å². The van der Waals surface area contributed by atoms with E-state index in [0.717, 1.165) is 17.7 Å². The lowest BCUT2D eigenvalue weighted by Crippen LogP contribution is -2.46. The lowest BCUT2D eigenvalue weighted by atomic mass is 10.0. The van der Waals surface area contributed by atoms with E-state index in [1.807, 2.05) is 0 Å². The van der Waals surface area contributed by atoms with E-state index in [0.29, 0.717) is 0 Å². The molecule has 0 fully saturated rings. The summed E-state index contributed by atoms with van der Waals surface area (Å²) < 4.78 is 38.9. The first-order chi connectivity index (χ1) is 11.3. The van der Waals surface area contributed by atoms with E-state index in [1.54, 1.807) is 30.3 Å². The van der Waals surface area contributed by atoms with Crippen molar-refractivity contribution in [1.82, 2.24) is 5.32 Å². The van der Waals surface area contributed by atoms with Crippen molar-refractivity contribution >= 4 is 11.8 Å². The van der Waals surface area contributed by atoms with E-state index in [2.05, 4.69) is 5.32 Å². The number of benzene rings is 2. The molecule has 1 atom stereocenters. The summed E-state index contributed by atoms with van der Waals surface area (Å²) >= 11 is 0. The maximum Gasteiger partial charge on any atom is 0.417 e. The van der Waals surface area contributed by atoms with Gasteiger partial charge in [0.05, 0.1) is 11.1 Å². The molecule has 0 saturated heterocycles. The number of carbonyl (C=O) groups excluding carboxylic acids is 2. The van der Waals surface area contributed by atoms with E-state index in [1.165, 1.54) is 12.1 Å². The molecular formula is C17H15F3N2O2. The van der Waals surface area contributed by atoms with Gasteiger partial charge < -0.3 is 11.1 Å². The molecule has 0 heterocycles. The maximum atomic E-state index is 13.0. The Morgan fingerprint density at radius 1 is 1.00 bits per heavy atom. The first-order valence-corrected chi connectivity index (χ1v) is 7.09. The fourth-order valence-electron chi connectivity index (χ4n) is 2.24. The van der Waals surface area contributed by atoms with Gasteiger partial charge in [-0.2, -0.15) is 13.2 Å². The molecular weight excluding hydrogens is 321 g/mol. The molecule has 0 unspecified atom stereocenters. The number of hydrogen-bond donors (Lipinski definition) is 2. The molecule has 0 aliphatic rings. The molecule has 0 saturated carbocycles. The van der Waals surface area contributed by atoms with Crippen LogP contribution in [0.4, 0.5) is 13.2 Å². The smallest absolute Gasteiger partial charge is 0.368 e. The summed E-state index contributed by atoms with van der Waals surface area (Å²) in [5.41, 5.74) is 4.37. The molecule has 2 aromatic carbocycles. The Labute approximate surface area is 136 Å². The predicted octanol–water partition coefficient (Wildman–Crippen LogP) is 2.53. The number of halogens is 3. The summed E-state index contributed by atoms with van der Waals surface area (Å²) in [6.07, 6.45) is -4.58. The Bertz CT molecular complexity index is 730. The second kappa shape index (κ2) is 7.16. The molecule has 0 aliphatic heterocycles. The van der Waals surface area contributed by atoms with Crippen LogP contribution in [0.1, 0.15) is 21.5 Å². The number of primary amides is 1. The van der Waals surface area contributed by atoms with Gasteiger partial charge in [0.1, 0.15) is 6.04 Å². The molecule has 0 bridgehead atoms. The van der Waals surface area contributed by atoms with Crippen LogP contribution < -0.4 is 11.1 Å². The summed E-state index contributed by atoms with van der Waals surface area (Å²) in [6, 6.07) is 12.0. The normalized spacial score (nSPS) is 12.5. The van der Waals surface area contributed by atoms with Crippen molar-refractivity contribution in [3.05, 3.63) is 71.3 Å². The molecule has 3 N–H and O–H groups in total. The van der Waals surface area contributed by atoms with Crippen LogP contribution in [0, 0.1) is 0 Å². The highest BCUT2D eigenvalue weighted by molar-refractivity contribution is 5.98. The number of amides is 2. The van der Waals surface area contributed by atoms with Gasteiger partial charge in [-0.05, 0) is 17.7 Å². The average molecular weight is 336 g/mol. The minimum atomic E-state index is -4.67. The van der Waals surface area contributed by atoms with Crippen LogP contribution >= 0.6 is 0 Å². The molecule has 126 valence electrons. The maximum absolute atomic E-state index is 13.0. The van der Waals surface area contributed by atoms with Crippen molar-refractivity contribution in [3.63, 3.8) is 0 Å². The minimum absolute atomic E-state index is 0.0934. The van der Waals surface area contributed by atoms with E-state index >= 15 is 0 Å². The molecule has 2 aromatic rings. The number of alkyl halides is 3. The lowest BCUT2D eigenvalue weighted by Gasteiger charge is -2.18. The topological polar surface area (TPSA) is 72.2 Å². The third kappa shape index (κ3) is 4.34. The largest absolute Gasteiger partial charge is 0.417 e. The Hall–Kier alpha value is -2.83. The number of carbonyl (C=O) groups is 2. The SMILES string of the molecule is NC(=O)[C@@H](Cc1ccccc1)NC(=O)c1ccccc1C(F)(F)F. The number of rotatable bonds is 5. The van der Waals surface area contributed by atoms with E-state index in [9.17, 15) is 22.8 Å². The van der Waals surface area contributed by atoms with Gasteiger partial charge in [-0.1, -0.05) is 42.5 Å². The van der Waals surface area contributed by atoms with Gasteiger partial charge >= 0.3 is 6.18 Å². The van der Waals surface area contributed by atoms with Gasteiger partial charge in [0.15, 0.2) is 0 Å². The summed E-state index contributed by atoms with van der Waals surface area (Å²) in [4.78, 5) is 23.7. The highest BCUT2D eigenvalue weighted by atomic mass is 19.4. The highest BCUT2D eigenvalue weighted by Crippen LogP contribution is 2.31. The monoisotopic (exact) mass is 336 g/mol. The van der Waals surface area contributed by atoms with Crippen molar-refractivity contribution in [3.8, 4) is 0 Å². The van der Waals surface area contributed by atoms with Crippen molar-refractivity contribution in [2.45, 2.75) is 18.6 Å². The number of hydrogen-bond acceptors (Lipinski definition) is 2.